The number of para-hydroxylation sites is 3. The Kier molecular flexibility index (Phi) is 5.94. The molecule has 4 nitrogen and oxygen atoms in total. The number of hydrogen-bond donors (Lipinski definition) is 1. The van der Waals surface area contributed by atoms with E-state index in [9.17, 15) is 14.4 Å². The fraction of sp³-hybridized carbons (Fsp3) is 0. The molecule has 1 heterocycles. The van der Waals surface area contributed by atoms with Crippen LogP contribution < -0.4 is 5.32 Å². The molecule has 0 unspecified atom stereocenters. The number of nitrogens with one attached hydrogen (secondary N) is 1. The molecule has 5 aromatic rings. The van der Waals surface area contributed by atoms with Crippen LogP contribution in [0.2, 0.25) is 0 Å². The number of halogens is 1. The molecule has 0 aliphatic rings. The zero-order chi connectivity index (χ0) is 24.2. The van der Waals surface area contributed by atoms with Gasteiger partial charge in [-0.25, -0.2) is 4.39 Å². The monoisotopic (exact) mass is 457 g/mol. The highest BCUT2D eigenvalue weighted by Gasteiger charge is 2.20. The van der Waals surface area contributed by atoms with Crippen LogP contribution in [0.5, 0.6) is 0 Å². The molecule has 168 valence electrons. The molecule has 0 aliphatic heterocycles. The molecule has 0 radical (unpaired) electrons. The van der Waals surface area contributed by atoms with E-state index in [4.69, 9.17) is 0 Å². The molecule has 0 bridgehead atoms. The zero-order valence-corrected chi connectivity index (χ0v) is 18.7. The summed E-state index contributed by atoms with van der Waals surface area (Å²) in [6, 6.07) is 35.5. The summed E-state index contributed by atoms with van der Waals surface area (Å²) in [4.78, 5) is 13.0. The number of nitrogens with zero attached hydrogens (tertiary/aromatic N) is 2. The van der Waals surface area contributed by atoms with Gasteiger partial charge in [-0.05, 0) is 42.0 Å². The minimum atomic E-state index is -0.673. The average molecular weight is 458 g/mol. The number of nitriles is 1. The van der Waals surface area contributed by atoms with Gasteiger partial charge in [-0.3, -0.25) is 4.79 Å². The van der Waals surface area contributed by atoms with Gasteiger partial charge in [0, 0.05) is 16.6 Å². The molecular weight excluding hydrogens is 437 g/mol. The third-order valence-electron chi connectivity index (χ3n) is 5.75. The third-order valence-corrected chi connectivity index (χ3v) is 5.75. The average Bonchev–Trinajstić information content (AvgIpc) is 3.23. The highest BCUT2D eigenvalue weighted by molar-refractivity contribution is 6.12. The van der Waals surface area contributed by atoms with E-state index < -0.39 is 11.7 Å². The van der Waals surface area contributed by atoms with Crippen LogP contribution >= 0.6 is 0 Å². The Labute approximate surface area is 202 Å². The first kappa shape index (κ1) is 21.9. The molecule has 5 rings (SSSR count). The lowest BCUT2D eigenvalue weighted by atomic mass is 10.0. The first-order valence-corrected chi connectivity index (χ1v) is 11.1. The van der Waals surface area contributed by atoms with Crippen LogP contribution in [0.15, 0.2) is 115 Å². The van der Waals surface area contributed by atoms with Crippen LogP contribution in [-0.4, -0.2) is 10.5 Å². The van der Waals surface area contributed by atoms with Gasteiger partial charge in [0.2, 0.25) is 0 Å². The van der Waals surface area contributed by atoms with E-state index in [1.165, 1.54) is 18.2 Å². The molecule has 35 heavy (non-hydrogen) atoms. The van der Waals surface area contributed by atoms with Gasteiger partial charge in [-0.15, -0.1) is 0 Å². The molecule has 0 fully saturated rings. The van der Waals surface area contributed by atoms with Gasteiger partial charge in [0.15, 0.2) is 0 Å². The number of anilines is 1. The Bertz CT molecular complexity index is 1600. The van der Waals surface area contributed by atoms with Gasteiger partial charge in [0.25, 0.3) is 5.91 Å². The van der Waals surface area contributed by atoms with Crippen molar-refractivity contribution in [1.29, 1.82) is 5.26 Å². The number of fused-ring (bicyclic) bond motifs is 1. The molecule has 5 heteroatoms. The SMILES string of the molecule is N#C/C(=C\c1c(-c2ccccc2)n(-c2ccccc2)c2ccccc12)C(=O)Nc1ccccc1F. The number of hydrogen-bond acceptors (Lipinski definition) is 2. The second-order valence-corrected chi connectivity index (χ2v) is 7.92. The van der Waals surface area contributed by atoms with Crippen molar-refractivity contribution in [1.82, 2.24) is 4.57 Å². The molecule has 1 aromatic heterocycles. The molecule has 0 aliphatic carbocycles. The predicted octanol–water partition coefficient (Wildman–Crippen LogP) is 6.98. The Morgan fingerprint density at radius 1 is 0.829 bits per heavy atom. The first-order valence-electron chi connectivity index (χ1n) is 11.1. The minimum Gasteiger partial charge on any atom is -0.319 e. The summed E-state index contributed by atoms with van der Waals surface area (Å²) in [6.07, 6.45) is 1.58. The molecule has 0 saturated heterocycles. The van der Waals surface area contributed by atoms with Gasteiger partial charge in [-0.2, -0.15) is 5.26 Å². The van der Waals surface area contributed by atoms with Crippen molar-refractivity contribution >= 4 is 28.6 Å². The predicted molar refractivity (Wildman–Crippen MR) is 137 cm³/mol. The van der Waals surface area contributed by atoms with E-state index in [0.717, 1.165) is 33.4 Å². The molecule has 0 atom stereocenters. The normalized spacial score (nSPS) is 11.3. The summed E-state index contributed by atoms with van der Waals surface area (Å²) >= 11 is 0. The van der Waals surface area contributed by atoms with Crippen LogP contribution in [-0.2, 0) is 4.79 Å². The smallest absolute Gasteiger partial charge is 0.266 e. The van der Waals surface area contributed by atoms with Gasteiger partial charge in [0.05, 0.1) is 16.9 Å². The Morgan fingerprint density at radius 2 is 1.46 bits per heavy atom. The molecule has 4 aromatic carbocycles. The van der Waals surface area contributed by atoms with Crippen molar-refractivity contribution in [2.75, 3.05) is 5.32 Å². The summed E-state index contributed by atoms with van der Waals surface area (Å²) < 4.78 is 16.2. The van der Waals surface area contributed by atoms with Crippen LogP contribution in [0.3, 0.4) is 0 Å². The van der Waals surface area contributed by atoms with Crippen molar-refractivity contribution < 1.29 is 9.18 Å². The second-order valence-electron chi connectivity index (χ2n) is 7.92. The number of rotatable bonds is 5. The van der Waals surface area contributed by atoms with E-state index in [-0.39, 0.29) is 11.3 Å². The summed E-state index contributed by atoms with van der Waals surface area (Å²) in [5, 5.41) is 13.3. The maximum absolute atomic E-state index is 14.1. The van der Waals surface area contributed by atoms with E-state index in [1.54, 1.807) is 12.1 Å². The highest BCUT2D eigenvalue weighted by Crippen LogP contribution is 2.37. The molecular formula is C30H20FN3O. The quantitative estimate of drug-likeness (QED) is 0.229. The Hall–Kier alpha value is -4.95. The van der Waals surface area contributed by atoms with Crippen LogP contribution in [0.25, 0.3) is 33.9 Å². The third kappa shape index (κ3) is 4.21. The number of carbonyl (C=O) groups excluding carboxylic acids is 1. The Balaban J connectivity index is 1.74. The van der Waals surface area contributed by atoms with Crippen molar-refractivity contribution in [3.63, 3.8) is 0 Å². The van der Waals surface area contributed by atoms with Crippen molar-refractivity contribution in [3.05, 3.63) is 126 Å². The maximum atomic E-state index is 14.1. The lowest BCUT2D eigenvalue weighted by molar-refractivity contribution is -0.112. The van der Waals surface area contributed by atoms with E-state index in [2.05, 4.69) is 9.88 Å². The fourth-order valence-corrected chi connectivity index (χ4v) is 4.18. The molecule has 1 amide bonds. The second kappa shape index (κ2) is 9.50. The highest BCUT2D eigenvalue weighted by atomic mass is 19.1. The number of carbonyl (C=O) groups is 1. The first-order chi connectivity index (χ1) is 17.2. The minimum absolute atomic E-state index is 0.0219. The molecule has 1 N–H and O–H groups in total. The lowest BCUT2D eigenvalue weighted by Crippen LogP contribution is -2.14. The van der Waals surface area contributed by atoms with Crippen molar-refractivity contribution in [3.8, 4) is 23.0 Å². The Morgan fingerprint density at radius 3 is 2.17 bits per heavy atom. The van der Waals surface area contributed by atoms with Crippen LogP contribution in [0.1, 0.15) is 5.56 Å². The van der Waals surface area contributed by atoms with E-state index >= 15 is 0 Å². The topological polar surface area (TPSA) is 57.8 Å². The summed E-state index contributed by atoms with van der Waals surface area (Å²) in [6.45, 7) is 0. The molecule has 0 spiro atoms. The van der Waals surface area contributed by atoms with Gasteiger partial charge in [-0.1, -0.05) is 78.9 Å². The number of benzene rings is 4. The largest absolute Gasteiger partial charge is 0.319 e. The van der Waals surface area contributed by atoms with E-state index in [0.29, 0.717) is 0 Å². The van der Waals surface area contributed by atoms with Crippen molar-refractivity contribution in [2.45, 2.75) is 0 Å². The number of aromatic nitrogens is 1. The summed E-state index contributed by atoms with van der Waals surface area (Å²) in [5.41, 5.74) is 4.31. The van der Waals surface area contributed by atoms with Crippen LogP contribution in [0.4, 0.5) is 10.1 Å². The fourth-order valence-electron chi connectivity index (χ4n) is 4.18. The summed E-state index contributed by atoms with van der Waals surface area (Å²) in [5.74, 6) is -1.24. The molecule has 0 saturated carbocycles. The van der Waals surface area contributed by atoms with Gasteiger partial charge >= 0.3 is 0 Å². The number of amides is 1. The van der Waals surface area contributed by atoms with Crippen molar-refractivity contribution in [2.24, 2.45) is 0 Å². The van der Waals surface area contributed by atoms with E-state index in [1.807, 2.05) is 91.0 Å². The lowest BCUT2D eigenvalue weighted by Gasteiger charge is -2.12. The maximum Gasteiger partial charge on any atom is 0.266 e. The zero-order valence-electron chi connectivity index (χ0n) is 18.7. The van der Waals surface area contributed by atoms with Gasteiger partial charge < -0.3 is 9.88 Å². The van der Waals surface area contributed by atoms with Gasteiger partial charge in [0.1, 0.15) is 17.5 Å². The summed E-state index contributed by atoms with van der Waals surface area (Å²) in [7, 11) is 0. The standard InChI is InChI=1S/C30H20FN3O/c31-26-16-8-9-17-27(26)33-30(35)22(20-32)19-25-24-15-7-10-18-28(24)34(23-13-5-2-6-14-23)29(25)21-11-3-1-4-12-21/h1-19H,(H,33,35)/b22-19+. The van der Waals surface area contributed by atoms with Crippen LogP contribution in [0, 0.1) is 17.1 Å².